The Hall–Kier alpha value is -2.79. The summed E-state index contributed by atoms with van der Waals surface area (Å²) in [5.41, 5.74) is 4.46. The van der Waals surface area contributed by atoms with E-state index >= 15 is 0 Å². The highest BCUT2D eigenvalue weighted by atomic mass is 32.2. The standard InChI is InChI=1S/C27H38N8O2S/c1-6-16(3)35-26-22(18(5)31-24(33-26)21-17(4)29-15-30-23(21)20-8-9-20)32-25(27(35)36)28-14-19-10-12-34(13-11-19)38(37)7-2/h15-16,19-20H,6-14H2,1-5H3,(H,28,32)/t16-,38?/m1/s1. The molecule has 3 aromatic rings. The highest BCUT2D eigenvalue weighted by Crippen LogP contribution is 2.43. The van der Waals surface area contributed by atoms with Crippen molar-refractivity contribution in [3.05, 3.63) is 33.8 Å². The van der Waals surface area contributed by atoms with Crippen LogP contribution in [0.15, 0.2) is 11.1 Å². The summed E-state index contributed by atoms with van der Waals surface area (Å²) >= 11 is 0. The molecule has 0 aromatic carbocycles. The van der Waals surface area contributed by atoms with E-state index in [2.05, 4.69) is 22.2 Å². The smallest absolute Gasteiger partial charge is 0.295 e. The Bertz CT molecular complexity index is 1410. The predicted molar refractivity (Wildman–Crippen MR) is 151 cm³/mol. The Morgan fingerprint density at radius 3 is 2.45 bits per heavy atom. The zero-order chi connectivity index (χ0) is 27.0. The summed E-state index contributed by atoms with van der Waals surface area (Å²) in [7, 11) is -0.893. The van der Waals surface area contributed by atoms with Crippen LogP contribution in [0.25, 0.3) is 22.6 Å². The fraction of sp³-hybridized carbons (Fsp3) is 0.630. The number of nitrogens with one attached hydrogen (secondary N) is 1. The molecule has 38 heavy (non-hydrogen) atoms. The second-order valence-electron chi connectivity index (χ2n) is 10.6. The van der Waals surface area contributed by atoms with Gasteiger partial charge >= 0.3 is 0 Å². The van der Waals surface area contributed by atoms with Crippen molar-refractivity contribution in [3.63, 3.8) is 0 Å². The van der Waals surface area contributed by atoms with Crippen molar-refractivity contribution in [1.82, 2.24) is 33.8 Å². The molecule has 1 saturated carbocycles. The first-order valence-electron chi connectivity index (χ1n) is 13.8. The van der Waals surface area contributed by atoms with Crippen LogP contribution in [0, 0.1) is 19.8 Å². The van der Waals surface area contributed by atoms with Crippen LogP contribution in [-0.4, -0.2) is 63.4 Å². The Morgan fingerprint density at radius 1 is 1.05 bits per heavy atom. The number of hydrogen-bond acceptors (Lipinski definition) is 8. The number of rotatable bonds is 9. The van der Waals surface area contributed by atoms with Gasteiger partial charge < -0.3 is 5.32 Å². The molecule has 2 aliphatic rings. The van der Waals surface area contributed by atoms with Crippen molar-refractivity contribution in [2.75, 3.05) is 30.7 Å². The normalized spacial score (nSPS) is 18.6. The average Bonchev–Trinajstić information content (AvgIpc) is 3.77. The van der Waals surface area contributed by atoms with E-state index in [4.69, 9.17) is 15.0 Å². The van der Waals surface area contributed by atoms with E-state index in [1.807, 2.05) is 32.0 Å². The summed E-state index contributed by atoms with van der Waals surface area (Å²) in [5.74, 6) is 2.37. The summed E-state index contributed by atoms with van der Waals surface area (Å²) in [4.78, 5) is 37.3. The van der Waals surface area contributed by atoms with Crippen LogP contribution in [-0.2, 0) is 11.0 Å². The van der Waals surface area contributed by atoms with Gasteiger partial charge in [-0.3, -0.25) is 9.36 Å². The van der Waals surface area contributed by atoms with Gasteiger partial charge in [0.15, 0.2) is 17.3 Å². The molecule has 11 heteroatoms. The fourth-order valence-corrected chi connectivity index (χ4v) is 6.20. The molecule has 1 aliphatic carbocycles. The highest BCUT2D eigenvalue weighted by molar-refractivity contribution is 7.82. The molecule has 4 heterocycles. The van der Waals surface area contributed by atoms with Gasteiger partial charge in [-0.25, -0.2) is 33.4 Å². The van der Waals surface area contributed by atoms with E-state index < -0.39 is 11.0 Å². The highest BCUT2D eigenvalue weighted by Gasteiger charge is 2.31. The van der Waals surface area contributed by atoms with E-state index in [9.17, 15) is 9.00 Å². The maximum Gasteiger partial charge on any atom is 0.295 e. The van der Waals surface area contributed by atoms with Gasteiger partial charge in [0.05, 0.1) is 33.6 Å². The monoisotopic (exact) mass is 538 g/mol. The van der Waals surface area contributed by atoms with E-state index in [1.54, 1.807) is 10.9 Å². The molecule has 1 saturated heterocycles. The molecule has 0 spiro atoms. The van der Waals surface area contributed by atoms with Crippen molar-refractivity contribution in [3.8, 4) is 11.4 Å². The van der Waals surface area contributed by atoms with Gasteiger partial charge in [-0.15, -0.1) is 0 Å². The summed E-state index contributed by atoms with van der Waals surface area (Å²) in [5, 5.41) is 3.35. The van der Waals surface area contributed by atoms with E-state index in [0.717, 1.165) is 67.8 Å². The Morgan fingerprint density at radius 2 is 1.79 bits per heavy atom. The molecule has 5 rings (SSSR count). The van der Waals surface area contributed by atoms with Gasteiger partial charge in [-0.05, 0) is 58.8 Å². The molecule has 1 unspecified atom stereocenters. The molecule has 0 amide bonds. The quantitative estimate of drug-likeness (QED) is 0.436. The lowest BCUT2D eigenvalue weighted by Crippen LogP contribution is -2.38. The summed E-state index contributed by atoms with van der Waals surface area (Å²) in [6.45, 7) is 12.2. The van der Waals surface area contributed by atoms with Crippen molar-refractivity contribution < 1.29 is 4.21 Å². The van der Waals surface area contributed by atoms with Gasteiger partial charge in [0.1, 0.15) is 11.8 Å². The molecule has 204 valence electrons. The molecule has 2 fully saturated rings. The molecule has 0 radical (unpaired) electrons. The lowest BCUT2D eigenvalue weighted by Gasteiger charge is -2.30. The van der Waals surface area contributed by atoms with Crippen LogP contribution in [0.4, 0.5) is 5.82 Å². The number of aromatic nitrogens is 6. The van der Waals surface area contributed by atoms with Crippen LogP contribution in [0.3, 0.4) is 0 Å². The SMILES string of the molecule is CC[C@@H](C)n1c(=O)c(NCC2CCN(S(=O)CC)CC2)nc2c(C)nc(-c3c(C)ncnc3C3CC3)nc21. The van der Waals surface area contributed by atoms with Gasteiger partial charge in [0.2, 0.25) is 0 Å². The van der Waals surface area contributed by atoms with E-state index in [-0.39, 0.29) is 11.6 Å². The first kappa shape index (κ1) is 26.8. The summed E-state index contributed by atoms with van der Waals surface area (Å²) < 4.78 is 15.9. The number of anilines is 1. The number of hydrogen-bond donors (Lipinski definition) is 1. The third-order valence-electron chi connectivity index (χ3n) is 7.87. The van der Waals surface area contributed by atoms with Crippen LogP contribution in [0.5, 0.6) is 0 Å². The van der Waals surface area contributed by atoms with Crippen molar-refractivity contribution in [1.29, 1.82) is 0 Å². The molecule has 3 aromatic heterocycles. The lowest BCUT2D eigenvalue weighted by atomic mass is 9.98. The molecular weight excluding hydrogens is 500 g/mol. The second kappa shape index (κ2) is 11.1. The number of aryl methyl sites for hydroxylation is 2. The second-order valence-corrected chi connectivity index (χ2v) is 12.3. The third kappa shape index (κ3) is 5.22. The van der Waals surface area contributed by atoms with E-state index in [1.165, 1.54) is 0 Å². The first-order valence-corrected chi connectivity index (χ1v) is 15.1. The minimum absolute atomic E-state index is 0.0565. The van der Waals surface area contributed by atoms with Gasteiger partial charge in [0, 0.05) is 37.3 Å². The van der Waals surface area contributed by atoms with Crippen LogP contribution >= 0.6 is 0 Å². The fourth-order valence-electron chi connectivity index (χ4n) is 5.21. The zero-order valence-corrected chi connectivity index (χ0v) is 23.8. The zero-order valence-electron chi connectivity index (χ0n) is 23.0. The van der Waals surface area contributed by atoms with E-state index in [0.29, 0.717) is 46.9 Å². The first-order chi connectivity index (χ1) is 18.3. The van der Waals surface area contributed by atoms with Gasteiger partial charge in [-0.1, -0.05) is 13.8 Å². The van der Waals surface area contributed by atoms with Crippen LogP contribution < -0.4 is 10.9 Å². The maximum atomic E-state index is 13.8. The van der Waals surface area contributed by atoms with Gasteiger partial charge in [-0.2, -0.15) is 0 Å². The lowest BCUT2D eigenvalue weighted by molar-refractivity contribution is 0.293. The maximum absolute atomic E-state index is 13.8. The van der Waals surface area contributed by atoms with Crippen molar-refractivity contribution >= 4 is 28.0 Å². The Kier molecular flexibility index (Phi) is 7.85. The number of fused-ring (bicyclic) bond motifs is 1. The molecule has 1 N–H and O–H groups in total. The van der Waals surface area contributed by atoms with Crippen LogP contribution in [0.1, 0.15) is 81.9 Å². The Balaban J connectivity index is 1.50. The van der Waals surface area contributed by atoms with Crippen molar-refractivity contribution in [2.24, 2.45) is 5.92 Å². The average molecular weight is 539 g/mol. The molecular formula is C27H38N8O2S. The molecule has 1 aliphatic heterocycles. The van der Waals surface area contributed by atoms with Gasteiger partial charge in [0.25, 0.3) is 5.56 Å². The predicted octanol–water partition coefficient (Wildman–Crippen LogP) is 3.92. The van der Waals surface area contributed by atoms with Crippen molar-refractivity contribution in [2.45, 2.75) is 78.7 Å². The minimum Gasteiger partial charge on any atom is -0.365 e. The van der Waals surface area contributed by atoms with Crippen LogP contribution in [0.2, 0.25) is 0 Å². The largest absolute Gasteiger partial charge is 0.365 e. The molecule has 10 nitrogen and oxygen atoms in total. The number of piperidine rings is 1. The minimum atomic E-state index is -0.893. The molecule has 0 bridgehead atoms. The number of nitrogens with zero attached hydrogens (tertiary/aromatic N) is 7. The summed E-state index contributed by atoms with van der Waals surface area (Å²) in [6, 6.07) is -0.0565. The molecule has 2 atom stereocenters. The topological polar surface area (TPSA) is 119 Å². The Labute approximate surface area is 226 Å². The third-order valence-corrected chi connectivity index (χ3v) is 9.30. The summed E-state index contributed by atoms with van der Waals surface area (Å²) in [6.07, 6.45) is 6.50.